The van der Waals surface area contributed by atoms with Crippen LogP contribution in [0, 0.1) is 23.2 Å². The molecule has 4 aliphatic rings. The van der Waals surface area contributed by atoms with Gasteiger partial charge in [0.2, 0.25) is 0 Å². The van der Waals surface area contributed by atoms with Gasteiger partial charge in [-0.05, 0) is 92.2 Å². The smallest absolute Gasteiger partial charge is 0.261 e. The molecule has 1 aliphatic heterocycles. The van der Waals surface area contributed by atoms with Gasteiger partial charge in [-0.25, -0.2) is 9.98 Å². The fraction of sp³-hybridized carbons (Fsp3) is 0.545. The fourth-order valence-electron chi connectivity index (χ4n) is 7.61. The number of halogens is 2. The standard InChI is InChI=1S/C33H42Cl2N6O/c1-19-16-41(17-20(2)37-19)32(39-29-14-23-13-26(21(29)3)33(23,4)5)38-24-7-8-25-30(15-24)36-18-40(31(25)42)11-10-22-6-9-27(34)28(35)12-22/h6-9,12,15,18-21,23,26,29,37H,10-11,13-14,16-17H2,1-5H3,(H,38,39)/t19-,20+,21-,23-,26+,29-/m0/s1. The van der Waals surface area contributed by atoms with E-state index in [0.717, 1.165) is 48.6 Å². The lowest BCUT2D eigenvalue weighted by atomic mass is 9.45. The van der Waals surface area contributed by atoms with Crippen LogP contribution in [0.5, 0.6) is 0 Å². The Morgan fingerprint density at radius 3 is 2.52 bits per heavy atom. The number of guanidine groups is 1. The first-order chi connectivity index (χ1) is 20.0. The first-order valence-electron chi connectivity index (χ1n) is 15.3. The molecule has 0 amide bonds. The van der Waals surface area contributed by atoms with E-state index in [4.69, 9.17) is 28.2 Å². The van der Waals surface area contributed by atoms with Crippen LogP contribution in [0.3, 0.4) is 0 Å². The first-order valence-corrected chi connectivity index (χ1v) is 16.0. The molecule has 3 aromatic rings. The number of nitrogens with zero attached hydrogens (tertiary/aromatic N) is 4. The molecule has 3 saturated carbocycles. The van der Waals surface area contributed by atoms with Gasteiger partial charge in [-0.1, -0.05) is 50.0 Å². The summed E-state index contributed by atoms with van der Waals surface area (Å²) in [4.78, 5) is 25.8. The number of rotatable bonds is 5. The number of aliphatic imine (C=N–C) groups is 1. The topological polar surface area (TPSA) is 74.5 Å². The molecule has 0 spiro atoms. The molecule has 9 heteroatoms. The van der Waals surface area contributed by atoms with Gasteiger partial charge in [-0.3, -0.25) is 9.36 Å². The zero-order valence-electron chi connectivity index (χ0n) is 25.2. The van der Waals surface area contributed by atoms with Crippen molar-refractivity contribution in [3.8, 4) is 0 Å². The number of piperazine rings is 1. The second kappa shape index (κ2) is 11.5. The molecule has 1 saturated heterocycles. The summed E-state index contributed by atoms with van der Waals surface area (Å²) in [5.74, 6) is 2.97. The average Bonchev–Trinajstić information content (AvgIpc) is 2.94. The predicted molar refractivity (Wildman–Crippen MR) is 174 cm³/mol. The Balaban J connectivity index is 1.24. The lowest BCUT2D eigenvalue weighted by Gasteiger charge is -2.61. The van der Waals surface area contributed by atoms with E-state index in [1.165, 1.54) is 6.42 Å². The molecule has 3 aliphatic carbocycles. The Morgan fingerprint density at radius 1 is 1.07 bits per heavy atom. The van der Waals surface area contributed by atoms with Crippen LogP contribution in [0.2, 0.25) is 10.0 Å². The van der Waals surface area contributed by atoms with E-state index in [2.05, 4.69) is 55.1 Å². The molecule has 0 unspecified atom stereocenters. The fourth-order valence-corrected chi connectivity index (χ4v) is 7.93. The highest BCUT2D eigenvalue weighted by atomic mass is 35.5. The summed E-state index contributed by atoms with van der Waals surface area (Å²) < 4.78 is 1.66. The Kier molecular flexibility index (Phi) is 8.05. The normalized spacial score (nSPS) is 28.9. The van der Waals surface area contributed by atoms with Gasteiger partial charge in [0.25, 0.3) is 5.56 Å². The highest BCUT2D eigenvalue weighted by Crippen LogP contribution is 2.61. The molecule has 2 bridgehead atoms. The number of anilines is 1. The van der Waals surface area contributed by atoms with Crippen LogP contribution in [-0.2, 0) is 13.0 Å². The lowest BCUT2D eigenvalue weighted by Crippen LogP contribution is -2.59. The van der Waals surface area contributed by atoms with Gasteiger partial charge < -0.3 is 15.5 Å². The second-order valence-electron chi connectivity index (χ2n) is 13.4. The third kappa shape index (κ3) is 5.68. The van der Waals surface area contributed by atoms with Crippen molar-refractivity contribution in [2.24, 2.45) is 28.2 Å². The molecular weight excluding hydrogens is 567 g/mol. The van der Waals surface area contributed by atoms with Gasteiger partial charge in [0, 0.05) is 37.4 Å². The molecule has 224 valence electrons. The van der Waals surface area contributed by atoms with E-state index >= 15 is 0 Å². The summed E-state index contributed by atoms with van der Waals surface area (Å²) in [5, 5.41) is 8.95. The van der Waals surface area contributed by atoms with E-state index in [0.29, 0.717) is 63.4 Å². The zero-order valence-corrected chi connectivity index (χ0v) is 26.7. The van der Waals surface area contributed by atoms with Crippen molar-refractivity contribution < 1.29 is 0 Å². The van der Waals surface area contributed by atoms with Crippen LogP contribution in [-0.4, -0.2) is 51.6 Å². The van der Waals surface area contributed by atoms with Gasteiger partial charge in [0.1, 0.15) is 0 Å². The van der Waals surface area contributed by atoms with E-state index in [1.807, 2.05) is 30.3 Å². The molecule has 42 heavy (non-hydrogen) atoms. The monoisotopic (exact) mass is 608 g/mol. The van der Waals surface area contributed by atoms with Crippen molar-refractivity contribution >= 4 is 45.8 Å². The molecule has 4 fully saturated rings. The molecular formula is C33H42Cl2N6O. The molecule has 2 heterocycles. The van der Waals surface area contributed by atoms with Gasteiger partial charge in [-0.2, -0.15) is 0 Å². The summed E-state index contributed by atoms with van der Waals surface area (Å²) in [7, 11) is 0. The van der Waals surface area contributed by atoms with Crippen LogP contribution in [0.25, 0.3) is 10.9 Å². The van der Waals surface area contributed by atoms with Crippen molar-refractivity contribution in [3.63, 3.8) is 0 Å². The molecule has 2 N–H and O–H groups in total. The Hall–Kier alpha value is -2.61. The Morgan fingerprint density at radius 2 is 1.83 bits per heavy atom. The third-order valence-electron chi connectivity index (χ3n) is 10.2. The van der Waals surface area contributed by atoms with E-state index < -0.39 is 0 Å². The van der Waals surface area contributed by atoms with Crippen LogP contribution in [0.15, 0.2) is 52.5 Å². The summed E-state index contributed by atoms with van der Waals surface area (Å²) in [5.41, 5.74) is 2.96. The largest absolute Gasteiger partial charge is 0.340 e. The highest BCUT2D eigenvalue weighted by Gasteiger charge is 2.56. The number of hydrogen-bond acceptors (Lipinski definition) is 4. The van der Waals surface area contributed by atoms with Crippen molar-refractivity contribution in [3.05, 3.63) is 68.7 Å². The van der Waals surface area contributed by atoms with E-state index in [9.17, 15) is 4.79 Å². The molecule has 1 aromatic heterocycles. The molecule has 6 atom stereocenters. The minimum Gasteiger partial charge on any atom is -0.340 e. The quantitative estimate of drug-likeness (QED) is 0.256. The summed E-state index contributed by atoms with van der Waals surface area (Å²) in [6.45, 7) is 14.0. The van der Waals surface area contributed by atoms with Crippen molar-refractivity contribution in [2.75, 3.05) is 18.4 Å². The van der Waals surface area contributed by atoms with Gasteiger partial charge >= 0.3 is 0 Å². The van der Waals surface area contributed by atoms with E-state index in [1.54, 1.807) is 17.0 Å². The second-order valence-corrected chi connectivity index (χ2v) is 14.3. The first kappa shape index (κ1) is 29.5. The van der Waals surface area contributed by atoms with Crippen LogP contribution in [0.4, 0.5) is 5.69 Å². The van der Waals surface area contributed by atoms with Gasteiger partial charge in [0.15, 0.2) is 5.96 Å². The van der Waals surface area contributed by atoms with Gasteiger partial charge in [-0.15, -0.1) is 0 Å². The number of fused-ring (bicyclic) bond motifs is 3. The van der Waals surface area contributed by atoms with Crippen molar-refractivity contribution in [1.82, 2.24) is 19.8 Å². The Labute approximate surface area is 258 Å². The number of aryl methyl sites for hydroxylation is 2. The maximum atomic E-state index is 13.3. The highest BCUT2D eigenvalue weighted by molar-refractivity contribution is 6.42. The van der Waals surface area contributed by atoms with Crippen molar-refractivity contribution in [2.45, 2.75) is 78.6 Å². The Bertz CT molecular complexity index is 1560. The number of aromatic nitrogens is 2. The number of nitrogens with one attached hydrogen (secondary N) is 2. The van der Waals surface area contributed by atoms with Crippen molar-refractivity contribution in [1.29, 1.82) is 0 Å². The third-order valence-corrected chi connectivity index (χ3v) is 10.9. The van der Waals surface area contributed by atoms with Gasteiger partial charge in [0.05, 0.1) is 33.3 Å². The summed E-state index contributed by atoms with van der Waals surface area (Å²) in [6, 6.07) is 12.4. The summed E-state index contributed by atoms with van der Waals surface area (Å²) in [6.07, 6.45) is 4.78. The summed E-state index contributed by atoms with van der Waals surface area (Å²) >= 11 is 12.2. The predicted octanol–water partition coefficient (Wildman–Crippen LogP) is 6.47. The minimum absolute atomic E-state index is 0.0527. The van der Waals surface area contributed by atoms with Crippen LogP contribution >= 0.6 is 23.2 Å². The maximum Gasteiger partial charge on any atom is 0.261 e. The van der Waals surface area contributed by atoms with E-state index in [-0.39, 0.29) is 5.56 Å². The number of hydrogen-bond donors (Lipinski definition) is 2. The SMILES string of the molecule is C[C@@H]1[C@@H](N=C(Nc2ccc3c(=O)n(CCc4ccc(Cl)c(Cl)c4)cnc3c2)N2C[C@@H](C)N[C@@H](C)C2)C[C@@H]2C[C@H]1C2(C)C. The van der Waals surface area contributed by atoms with Crippen LogP contribution < -0.4 is 16.2 Å². The molecule has 0 radical (unpaired) electrons. The molecule has 7 nitrogen and oxygen atoms in total. The minimum atomic E-state index is -0.0527. The lowest BCUT2D eigenvalue weighted by molar-refractivity contribution is -0.108. The molecule has 2 aromatic carbocycles. The van der Waals surface area contributed by atoms with Crippen LogP contribution in [0.1, 0.15) is 53.0 Å². The average molecular weight is 610 g/mol. The molecule has 7 rings (SSSR count). The maximum absolute atomic E-state index is 13.3. The number of benzene rings is 2. The zero-order chi connectivity index (χ0) is 29.8.